The molecule has 0 heterocycles. The van der Waals surface area contributed by atoms with Crippen LogP contribution in [-0.2, 0) is 6.61 Å². The average Bonchev–Trinajstić information content (AvgIpc) is 2.26. The Bertz CT molecular complexity index is 386. The Morgan fingerprint density at radius 1 is 1.44 bits per heavy atom. The van der Waals surface area contributed by atoms with Crippen molar-refractivity contribution in [1.29, 1.82) is 0 Å². The molecule has 0 atom stereocenters. The summed E-state index contributed by atoms with van der Waals surface area (Å²) in [7, 11) is 0. The SMILES string of the molecule is C/C=C\Sc1ccc(C(C)C)c(CO)c1N. The van der Waals surface area contributed by atoms with Crippen LogP contribution >= 0.6 is 11.8 Å². The number of hydrogen-bond donors (Lipinski definition) is 2. The van der Waals surface area contributed by atoms with Crippen molar-refractivity contribution in [3.63, 3.8) is 0 Å². The maximum absolute atomic E-state index is 9.39. The highest BCUT2D eigenvalue weighted by molar-refractivity contribution is 8.02. The molecule has 16 heavy (non-hydrogen) atoms. The summed E-state index contributed by atoms with van der Waals surface area (Å²) in [6.45, 7) is 6.18. The van der Waals surface area contributed by atoms with Crippen LogP contribution in [0.4, 0.5) is 5.69 Å². The van der Waals surface area contributed by atoms with E-state index in [1.54, 1.807) is 11.8 Å². The number of anilines is 1. The molecule has 0 saturated heterocycles. The number of aliphatic hydroxyl groups is 1. The van der Waals surface area contributed by atoms with Crippen molar-refractivity contribution >= 4 is 17.4 Å². The maximum Gasteiger partial charge on any atom is 0.0705 e. The predicted molar refractivity (Wildman–Crippen MR) is 71.5 cm³/mol. The lowest BCUT2D eigenvalue weighted by molar-refractivity contribution is 0.280. The van der Waals surface area contributed by atoms with Crippen LogP contribution in [0.5, 0.6) is 0 Å². The topological polar surface area (TPSA) is 46.2 Å². The summed E-state index contributed by atoms with van der Waals surface area (Å²) < 4.78 is 0. The molecule has 3 heteroatoms. The highest BCUT2D eigenvalue weighted by Crippen LogP contribution is 2.33. The van der Waals surface area contributed by atoms with Gasteiger partial charge in [0.15, 0.2) is 0 Å². The molecule has 0 aliphatic carbocycles. The Labute approximate surface area is 102 Å². The third-order valence-corrected chi connectivity index (χ3v) is 3.48. The summed E-state index contributed by atoms with van der Waals surface area (Å²) >= 11 is 1.58. The molecule has 2 nitrogen and oxygen atoms in total. The van der Waals surface area contributed by atoms with Gasteiger partial charge in [0.1, 0.15) is 0 Å². The molecule has 0 unspecified atom stereocenters. The predicted octanol–water partition coefficient (Wildman–Crippen LogP) is 3.51. The smallest absolute Gasteiger partial charge is 0.0705 e. The highest BCUT2D eigenvalue weighted by Gasteiger charge is 2.12. The van der Waals surface area contributed by atoms with E-state index >= 15 is 0 Å². The molecule has 3 N–H and O–H groups in total. The first-order chi connectivity index (χ1) is 7.61. The van der Waals surface area contributed by atoms with Gasteiger partial charge in [-0.15, -0.1) is 0 Å². The minimum absolute atomic E-state index is 0.00356. The summed E-state index contributed by atoms with van der Waals surface area (Å²) in [6.07, 6.45) is 1.97. The third-order valence-electron chi connectivity index (χ3n) is 2.46. The van der Waals surface area contributed by atoms with Crippen molar-refractivity contribution in [3.05, 3.63) is 34.7 Å². The first-order valence-corrected chi connectivity index (χ1v) is 6.29. The van der Waals surface area contributed by atoms with Crippen molar-refractivity contribution < 1.29 is 5.11 Å². The molecule has 1 aromatic carbocycles. The van der Waals surface area contributed by atoms with Gasteiger partial charge in [0.05, 0.1) is 12.3 Å². The van der Waals surface area contributed by atoms with Crippen LogP contribution in [0.15, 0.2) is 28.5 Å². The number of nitrogens with two attached hydrogens (primary N) is 1. The van der Waals surface area contributed by atoms with E-state index in [0.717, 1.165) is 16.0 Å². The Balaban J connectivity index is 3.17. The summed E-state index contributed by atoms with van der Waals surface area (Å²) in [5.41, 5.74) is 8.76. The van der Waals surface area contributed by atoms with Gasteiger partial charge in [0.25, 0.3) is 0 Å². The summed E-state index contributed by atoms with van der Waals surface area (Å²) in [6, 6.07) is 4.08. The van der Waals surface area contributed by atoms with Crippen LogP contribution in [-0.4, -0.2) is 5.11 Å². The van der Waals surface area contributed by atoms with Gasteiger partial charge >= 0.3 is 0 Å². The highest BCUT2D eigenvalue weighted by atomic mass is 32.2. The molecule has 0 amide bonds. The molecule has 0 bridgehead atoms. The lowest BCUT2D eigenvalue weighted by atomic mass is 9.96. The number of thioether (sulfide) groups is 1. The van der Waals surface area contributed by atoms with Crippen LogP contribution < -0.4 is 5.73 Å². The van der Waals surface area contributed by atoms with Crippen molar-refractivity contribution in [1.82, 2.24) is 0 Å². The number of rotatable bonds is 4. The maximum atomic E-state index is 9.39. The van der Waals surface area contributed by atoms with Gasteiger partial charge in [0, 0.05) is 10.5 Å². The van der Waals surface area contributed by atoms with E-state index in [4.69, 9.17) is 5.73 Å². The Hall–Kier alpha value is -0.930. The fraction of sp³-hybridized carbons (Fsp3) is 0.385. The third kappa shape index (κ3) is 2.80. The molecule has 0 aliphatic rings. The molecule has 1 rings (SSSR count). The van der Waals surface area contributed by atoms with Gasteiger partial charge in [-0.1, -0.05) is 37.8 Å². The summed E-state index contributed by atoms with van der Waals surface area (Å²) in [4.78, 5) is 1.01. The second kappa shape index (κ2) is 5.97. The van der Waals surface area contributed by atoms with Gasteiger partial charge < -0.3 is 10.8 Å². The molecule has 0 radical (unpaired) electrons. The van der Waals surface area contributed by atoms with Crippen molar-refractivity contribution in [3.8, 4) is 0 Å². The van der Waals surface area contributed by atoms with Gasteiger partial charge in [-0.25, -0.2) is 0 Å². The van der Waals surface area contributed by atoms with Gasteiger partial charge in [-0.05, 0) is 29.9 Å². The Morgan fingerprint density at radius 3 is 2.62 bits per heavy atom. The van der Waals surface area contributed by atoms with Gasteiger partial charge in [-0.2, -0.15) is 0 Å². The number of hydrogen-bond acceptors (Lipinski definition) is 3. The first-order valence-electron chi connectivity index (χ1n) is 5.41. The van der Waals surface area contributed by atoms with E-state index in [-0.39, 0.29) is 6.61 Å². The zero-order valence-electron chi connectivity index (χ0n) is 10.0. The fourth-order valence-electron chi connectivity index (χ4n) is 1.62. The number of aliphatic hydroxyl groups excluding tert-OH is 1. The summed E-state index contributed by atoms with van der Waals surface area (Å²) in [5.74, 6) is 0.380. The van der Waals surface area contributed by atoms with E-state index < -0.39 is 0 Å². The quantitative estimate of drug-likeness (QED) is 0.622. The van der Waals surface area contributed by atoms with E-state index in [9.17, 15) is 5.11 Å². The number of nitrogen functional groups attached to an aromatic ring is 1. The average molecular weight is 237 g/mol. The molecule has 88 valence electrons. The molecule has 0 spiro atoms. The van der Waals surface area contributed by atoms with Gasteiger partial charge in [0.2, 0.25) is 0 Å². The van der Waals surface area contributed by atoms with Crippen molar-refractivity contribution in [2.24, 2.45) is 0 Å². The Kier molecular flexibility index (Phi) is 4.90. The second-order valence-corrected chi connectivity index (χ2v) is 4.89. The minimum atomic E-state index is 0.00356. The normalized spacial score (nSPS) is 11.6. The molecular weight excluding hydrogens is 218 g/mol. The lowest BCUT2D eigenvalue weighted by Crippen LogP contribution is -2.03. The van der Waals surface area contributed by atoms with Crippen LogP contribution in [0.2, 0.25) is 0 Å². The largest absolute Gasteiger partial charge is 0.398 e. The minimum Gasteiger partial charge on any atom is -0.398 e. The first kappa shape index (κ1) is 13.1. The fourth-order valence-corrected chi connectivity index (χ4v) is 2.30. The van der Waals surface area contributed by atoms with E-state index in [0.29, 0.717) is 11.6 Å². The number of allylic oxidation sites excluding steroid dienone is 1. The summed E-state index contributed by atoms with van der Waals surface area (Å²) in [5, 5.41) is 11.4. The molecule has 0 aromatic heterocycles. The van der Waals surface area contributed by atoms with Crippen molar-refractivity contribution in [2.75, 3.05) is 5.73 Å². The Morgan fingerprint density at radius 2 is 2.12 bits per heavy atom. The molecular formula is C13H19NOS. The second-order valence-electron chi connectivity index (χ2n) is 3.95. The van der Waals surface area contributed by atoms with E-state index in [1.165, 1.54) is 0 Å². The standard InChI is InChI=1S/C13H19NOS/c1-4-7-16-12-6-5-10(9(2)3)11(8-15)13(12)14/h4-7,9,15H,8,14H2,1-3H3/b7-4-. The molecule has 0 fully saturated rings. The lowest BCUT2D eigenvalue weighted by Gasteiger charge is -2.15. The molecule has 1 aromatic rings. The molecule has 0 saturated carbocycles. The zero-order valence-corrected chi connectivity index (χ0v) is 10.8. The molecule has 0 aliphatic heterocycles. The van der Waals surface area contributed by atoms with Gasteiger partial charge in [-0.3, -0.25) is 0 Å². The van der Waals surface area contributed by atoms with Crippen LogP contribution in [0, 0.1) is 0 Å². The monoisotopic (exact) mass is 237 g/mol. The van der Waals surface area contributed by atoms with E-state index in [1.807, 2.05) is 24.5 Å². The van der Waals surface area contributed by atoms with E-state index in [2.05, 4.69) is 19.9 Å². The number of benzene rings is 1. The van der Waals surface area contributed by atoms with Crippen molar-refractivity contribution in [2.45, 2.75) is 38.2 Å². The van der Waals surface area contributed by atoms with Crippen LogP contribution in [0.3, 0.4) is 0 Å². The van der Waals surface area contributed by atoms with Crippen LogP contribution in [0.25, 0.3) is 0 Å². The van der Waals surface area contributed by atoms with Crippen LogP contribution in [0.1, 0.15) is 37.8 Å². The zero-order chi connectivity index (χ0) is 12.1.